The molecule has 1 aromatic carbocycles. The molecule has 1 aliphatic rings. The summed E-state index contributed by atoms with van der Waals surface area (Å²) in [4.78, 5) is 20.9. The van der Waals surface area contributed by atoms with Gasteiger partial charge in [-0.2, -0.15) is 0 Å². The van der Waals surface area contributed by atoms with Crippen molar-refractivity contribution >= 4 is 11.5 Å². The molecule has 0 N–H and O–H groups in total. The lowest BCUT2D eigenvalue weighted by Crippen LogP contribution is -2.32. The van der Waals surface area contributed by atoms with Crippen LogP contribution in [-0.4, -0.2) is 49.7 Å². The molecule has 35 heavy (non-hydrogen) atoms. The zero-order chi connectivity index (χ0) is 24.2. The standard InChI is InChI=1S/C26H26F2N6O/c1-2-35-32-25(20-5-6-21(27)22(28)14-20)23-7-4-18(15-30-23)17-33-12-8-19(9-13-33)24-16-31-26-29-10-3-11-34(24)26/h3-7,10-11,14-16,19H,2,8-9,12-13,17H2,1H3/b32-25+. The van der Waals surface area contributed by atoms with Crippen LogP contribution in [0.25, 0.3) is 5.78 Å². The Morgan fingerprint density at radius 3 is 2.66 bits per heavy atom. The fourth-order valence-electron chi connectivity index (χ4n) is 4.47. The van der Waals surface area contributed by atoms with E-state index in [0.717, 1.165) is 55.9 Å². The fraction of sp³-hybridized carbons (Fsp3) is 0.308. The smallest absolute Gasteiger partial charge is 0.233 e. The number of hydrogen-bond donors (Lipinski definition) is 0. The van der Waals surface area contributed by atoms with Crippen LogP contribution in [0.4, 0.5) is 8.78 Å². The van der Waals surface area contributed by atoms with Gasteiger partial charge in [-0.15, -0.1) is 0 Å². The molecule has 180 valence electrons. The predicted molar refractivity (Wildman–Crippen MR) is 128 cm³/mol. The molecule has 0 bridgehead atoms. The van der Waals surface area contributed by atoms with Crippen molar-refractivity contribution in [2.45, 2.75) is 32.2 Å². The highest BCUT2D eigenvalue weighted by atomic mass is 19.2. The number of oxime groups is 1. The third-order valence-corrected chi connectivity index (χ3v) is 6.27. The van der Waals surface area contributed by atoms with Crippen LogP contribution in [0.2, 0.25) is 0 Å². The summed E-state index contributed by atoms with van der Waals surface area (Å²) >= 11 is 0. The molecular weight excluding hydrogens is 450 g/mol. The Morgan fingerprint density at radius 2 is 1.91 bits per heavy atom. The first-order chi connectivity index (χ1) is 17.1. The van der Waals surface area contributed by atoms with Crippen molar-refractivity contribution in [3.63, 3.8) is 0 Å². The minimum absolute atomic E-state index is 0.354. The highest BCUT2D eigenvalue weighted by Crippen LogP contribution is 2.29. The van der Waals surface area contributed by atoms with E-state index >= 15 is 0 Å². The molecule has 5 rings (SSSR count). The number of piperidine rings is 1. The van der Waals surface area contributed by atoms with E-state index in [1.165, 1.54) is 11.8 Å². The van der Waals surface area contributed by atoms with Crippen molar-refractivity contribution < 1.29 is 13.6 Å². The van der Waals surface area contributed by atoms with Crippen LogP contribution in [0.15, 0.2) is 66.3 Å². The number of nitrogens with zero attached hydrogens (tertiary/aromatic N) is 6. The van der Waals surface area contributed by atoms with Gasteiger partial charge in [0.25, 0.3) is 0 Å². The largest absolute Gasteiger partial charge is 0.396 e. The average molecular weight is 477 g/mol. The lowest BCUT2D eigenvalue weighted by atomic mass is 9.93. The van der Waals surface area contributed by atoms with Crippen molar-refractivity contribution in [3.8, 4) is 0 Å². The van der Waals surface area contributed by atoms with Gasteiger partial charge in [0.2, 0.25) is 5.78 Å². The molecule has 1 aliphatic heterocycles. The second kappa shape index (κ2) is 10.3. The van der Waals surface area contributed by atoms with Gasteiger partial charge in [0.15, 0.2) is 11.6 Å². The van der Waals surface area contributed by atoms with Crippen molar-refractivity contribution in [2.24, 2.45) is 5.16 Å². The van der Waals surface area contributed by atoms with Gasteiger partial charge in [-0.1, -0.05) is 11.2 Å². The first kappa shape index (κ1) is 23.0. The van der Waals surface area contributed by atoms with Gasteiger partial charge in [0, 0.05) is 42.3 Å². The normalized spacial score (nSPS) is 15.6. The maximum Gasteiger partial charge on any atom is 0.233 e. The monoisotopic (exact) mass is 476 g/mol. The van der Waals surface area contributed by atoms with E-state index in [9.17, 15) is 8.78 Å². The van der Waals surface area contributed by atoms with Crippen LogP contribution in [0.5, 0.6) is 0 Å². The Bertz CT molecular complexity index is 1330. The summed E-state index contributed by atoms with van der Waals surface area (Å²) in [5.74, 6) is -0.646. The molecule has 0 atom stereocenters. The Hall–Kier alpha value is -3.72. The number of imidazole rings is 1. The Morgan fingerprint density at radius 1 is 1.06 bits per heavy atom. The second-order valence-corrected chi connectivity index (χ2v) is 8.56. The van der Waals surface area contributed by atoms with Crippen LogP contribution < -0.4 is 0 Å². The van der Waals surface area contributed by atoms with Crippen LogP contribution in [-0.2, 0) is 11.4 Å². The summed E-state index contributed by atoms with van der Waals surface area (Å²) in [6.07, 6.45) is 9.63. The van der Waals surface area contributed by atoms with Crippen molar-refractivity contribution in [2.75, 3.05) is 19.7 Å². The molecule has 1 saturated heterocycles. The number of halogens is 2. The minimum Gasteiger partial charge on any atom is -0.396 e. The summed E-state index contributed by atoms with van der Waals surface area (Å²) in [7, 11) is 0. The van der Waals surface area contributed by atoms with E-state index in [0.29, 0.717) is 29.5 Å². The lowest BCUT2D eigenvalue weighted by molar-refractivity contribution is 0.159. The molecule has 4 aromatic rings. The molecule has 4 heterocycles. The quantitative estimate of drug-likeness (QED) is 0.289. The zero-order valence-corrected chi connectivity index (χ0v) is 19.4. The third kappa shape index (κ3) is 5.05. The van der Waals surface area contributed by atoms with Crippen molar-refractivity contribution in [1.29, 1.82) is 0 Å². The van der Waals surface area contributed by atoms with E-state index in [-0.39, 0.29) is 0 Å². The highest BCUT2D eigenvalue weighted by molar-refractivity contribution is 6.11. The maximum atomic E-state index is 13.8. The van der Waals surface area contributed by atoms with Gasteiger partial charge >= 0.3 is 0 Å². The number of pyridine rings is 1. The maximum absolute atomic E-state index is 13.8. The minimum atomic E-state index is -0.938. The summed E-state index contributed by atoms with van der Waals surface area (Å²) in [5, 5.41) is 4.10. The van der Waals surface area contributed by atoms with E-state index in [4.69, 9.17) is 4.84 Å². The Labute approximate surface area is 202 Å². The summed E-state index contributed by atoms with van der Waals surface area (Å²) in [5.41, 5.74) is 3.60. The van der Waals surface area contributed by atoms with Crippen LogP contribution in [0.3, 0.4) is 0 Å². The van der Waals surface area contributed by atoms with Gasteiger partial charge in [-0.25, -0.2) is 18.7 Å². The molecule has 0 saturated carbocycles. The van der Waals surface area contributed by atoms with Crippen LogP contribution >= 0.6 is 0 Å². The molecule has 1 fully saturated rings. The predicted octanol–water partition coefficient (Wildman–Crippen LogP) is 4.57. The molecule has 0 spiro atoms. The molecule has 7 nitrogen and oxygen atoms in total. The molecule has 0 unspecified atom stereocenters. The molecule has 0 aliphatic carbocycles. The van der Waals surface area contributed by atoms with Crippen LogP contribution in [0, 0.1) is 11.6 Å². The van der Waals surface area contributed by atoms with E-state index in [1.807, 2.05) is 30.6 Å². The molecular formula is C26H26F2N6O. The SMILES string of the molecule is CCO/N=C(\c1ccc(F)c(F)c1)c1ccc(CN2CCC(c3cnc4ncccn34)CC2)cn1. The Kier molecular flexibility index (Phi) is 6.76. The molecule has 9 heteroatoms. The number of fused-ring (bicyclic) bond motifs is 1. The van der Waals surface area contributed by atoms with Gasteiger partial charge in [0.1, 0.15) is 12.3 Å². The van der Waals surface area contributed by atoms with Gasteiger partial charge in [0.05, 0.1) is 11.9 Å². The molecule has 0 amide bonds. The summed E-state index contributed by atoms with van der Waals surface area (Å²) < 4.78 is 29.3. The summed E-state index contributed by atoms with van der Waals surface area (Å²) in [6, 6.07) is 9.41. The van der Waals surface area contributed by atoms with E-state index in [1.54, 1.807) is 19.3 Å². The highest BCUT2D eigenvalue weighted by Gasteiger charge is 2.23. The number of aromatic nitrogens is 4. The zero-order valence-electron chi connectivity index (χ0n) is 19.4. The number of benzene rings is 1. The topological polar surface area (TPSA) is 67.9 Å². The molecule has 3 aromatic heterocycles. The number of hydrogen-bond acceptors (Lipinski definition) is 6. The van der Waals surface area contributed by atoms with Gasteiger partial charge in [-0.3, -0.25) is 14.3 Å². The number of likely N-dealkylation sites (tertiary alicyclic amines) is 1. The first-order valence-electron chi connectivity index (χ1n) is 11.7. The first-order valence-corrected chi connectivity index (χ1v) is 11.7. The average Bonchev–Trinajstić information content (AvgIpc) is 3.32. The van der Waals surface area contributed by atoms with E-state index < -0.39 is 11.6 Å². The molecule has 0 radical (unpaired) electrons. The fourth-order valence-corrected chi connectivity index (χ4v) is 4.47. The number of rotatable bonds is 7. The lowest BCUT2D eigenvalue weighted by Gasteiger charge is -2.31. The van der Waals surface area contributed by atoms with E-state index in [2.05, 4.69) is 29.4 Å². The summed E-state index contributed by atoms with van der Waals surface area (Å²) in [6.45, 7) is 4.90. The Balaban J connectivity index is 1.24. The van der Waals surface area contributed by atoms with Crippen LogP contribution in [0.1, 0.15) is 48.2 Å². The van der Waals surface area contributed by atoms with Crippen molar-refractivity contribution in [3.05, 3.63) is 95.3 Å². The van der Waals surface area contributed by atoms with Gasteiger partial charge < -0.3 is 4.84 Å². The third-order valence-electron chi connectivity index (χ3n) is 6.27. The van der Waals surface area contributed by atoms with Crippen molar-refractivity contribution in [1.82, 2.24) is 24.3 Å². The van der Waals surface area contributed by atoms with Gasteiger partial charge in [-0.05, 0) is 68.8 Å². The second-order valence-electron chi connectivity index (χ2n) is 8.56.